The highest BCUT2D eigenvalue weighted by Gasteiger charge is 2.26. The number of rotatable bonds is 6. The normalized spacial score (nSPS) is 19.1. The molecule has 2 rings (SSSR count). The molecule has 1 atom stereocenters. The van der Waals surface area contributed by atoms with Gasteiger partial charge in [0.1, 0.15) is 0 Å². The van der Waals surface area contributed by atoms with Crippen LogP contribution in [0.1, 0.15) is 24.5 Å². The summed E-state index contributed by atoms with van der Waals surface area (Å²) in [5, 5.41) is 3.21. The summed E-state index contributed by atoms with van der Waals surface area (Å²) in [6, 6.07) is 3.57. The van der Waals surface area contributed by atoms with Crippen LogP contribution in [0.2, 0.25) is 0 Å². The molecule has 1 aromatic rings. The third-order valence-corrected chi connectivity index (χ3v) is 6.26. The number of aryl methyl sites for hydroxylation is 1. The molecule has 7 heteroatoms. The van der Waals surface area contributed by atoms with Crippen LogP contribution in [0, 0.1) is 6.92 Å². The van der Waals surface area contributed by atoms with Gasteiger partial charge < -0.3 is 10.1 Å². The van der Waals surface area contributed by atoms with Gasteiger partial charge in [-0.25, -0.2) is 13.1 Å². The smallest absolute Gasteiger partial charge is 0.242 e. The van der Waals surface area contributed by atoms with Crippen molar-refractivity contribution >= 4 is 26.0 Å². The van der Waals surface area contributed by atoms with Crippen LogP contribution in [0.4, 0.5) is 0 Å². The van der Waals surface area contributed by atoms with Crippen molar-refractivity contribution in [2.75, 3.05) is 19.8 Å². The van der Waals surface area contributed by atoms with E-state index >= 15 is 0 Å². The molecule has 1 fully saturated rings. The fourth-order valence-corrected chi connectivity index (χ4v) is 4.61. The Bertz CT molecular complexity index is 598. The Morgan fingerprint density at radius 2 is 2.19 bits per heavy atom. The molecular formula is C14H21BrN2O3S. The molecule has 0 radical (unpaired) electrons. The van der Waals surface area contributed by atoms with Crippen molar-refractivity contribution in [2.45, 2.75) is 37.8 Å². The highest BCUT2D eigenvalue weighted by molar-refractivity contribution is 9.10. The quantitative estimate of drug-likeness (QED) is 0.795. The first-order chi connectivity index (χ1) is 9.94. The Morgan fingerprint density at radius 3 is 2.81 bits per heavy atom. The van der Waals surface area contributed by atoms with Crippen LogP contribution in [-0.2, 0) is 21.3 Å². The summed E-state index contributed by atoms with van der Waals surface area (Å²) in [7, 11) is -3.55. The van der Waals surface area contributed by atoms with Gasteiger partial charge in [0.25, 0.3) is 0 Å². The van der Waals surface area contributed by atoms with Crippen LogP contribution in [0.25, 0.3) is 0 Å². The molecule has 2 N–H and O–H groups in total. The van der Waals surface area contributed by atoms with Crippen molar-refractivity contribution in [3.05, 3.63) is 27.7 Å². The lowest BCUT2D eigenvalue weighted by Gasteiger charge is -2.15. The standard InChI is InChI=1S/C14H21BrN2O3S/c1-3-16-8-11-6-10(2)14(15)13(7-11)21(18,19)17-12-4-5-20-9-12/h6-7,12,16-17H,3-5,8-9H2,1-2H3. The average molecular weight is 377 g/mol. The Morgan fingerprint density at radius 1 is 1.43 bits per heavy atom. The predicted molar refractivity (Wildman–Crippen MR) is 85.8 cm³/mol. The molecule has 1 unspecified atom stereocenters. The Hall–Kier alpha value is -0.470. The lowest BCUT2D eigenvalue weighted by atomic mass is 10.1. The third kappa shape index (κ3) is 4.26. The Labute approximate surface area is 134 Å². The average Bonchev–Trinajstić information content (AvgIpc) is 2.91. The summed E-state index contributed by atoms with van der Waals surface area (Å²) < 4.78 is 33.7. The van der Waals surface area contributed by atoms with Gasteiger partial charge >= 0.3 is 0 Å². The van der Waals surface area contributed by atoms with E-state index in [1.807, 2.05) is 19.9 Å². The summed E-state index contributed by atoms with van der Waals surface area (Å²) in [4.78, 5) is 0.294. The topological polar surface area (TPSA) is 67.4 Å². The third-order valence-electron chi connectivity index (χ3n) is 3.40. The molecule has 0 spiro atoms. The summed E-state index contributed by atoms with van der Waals surface area (Å²) >= 11 is 3.40. The zero-order valence-corrected chi connectivity index (χ0v) is 14.7. The number of hydrogen-bond donors (Lipinski definition) is 2. The first-order valence-electron chi connectivity index (χ1n) is 7.04. The number of benzene rings is 1. The summed E-state index contributed by atoms with van der Waals surface area (Å²) in [5.41, 5.74) is 1.87. The van der Waals surface area contributed by atoms with Crippen molar-refractivity contribution in [3.8, 4) is 0 Å². The number of nitrogens with one attached hydrogen (secondary N) is 2. The maximum Gasteiger partial charge on any atom is 0.242 e. The van der Waals surface area contributed by atoms with Gasteiger partial charge in [0.05, 0.1) is 11.5 Å². The predicted octanol–water partition coefficient (Wildman–Crippen LogP) is 1.93. The first kappa shape index (κ1) is 16.9. The van der Waals surface area contributed by atoms with Crippen LogP contribution in [-0.4, -0.2) is 34.2 Å². The molecule has 21 heavy (non-hydrogen) atoms. The fourth-order valence-electron chi connectivity index (χ4n) is 2.29. The Kier molecular flexibility index (Phi) is 5.79. The molecule has 1 heterocycles. The van der Waals surface area contributed by atoms with E-state index in [1.54, 1.807) is 6.07 Å². The van der Waals surface area contributed by atoms with Crippen LogP contribution >= 0.6 is 15.9 Å². The van der Waals surface area contributed by atoms with Gasteiger partial charge in [-0.2, -0.15) is 0 Å². The van der Waals surface area contributed by atoms with Crippen LogP contribution in [0.5, 0.6) is 0 Å². The number of ether oxygens (including phenoxy) is 1. The summed E-state index contributed by atoms with van der Waals surface area (Å²) in [6.07, 6.45) is 0.715. The van der Waals surface area contributed by atoms with E-state index < -0.39 is 10.0 Å². The van der Waals surface area contributed by atoms with Gasteiger partial charge in [0.15, 0.2) is 0 Å². The fraction of sp³-hybridized carbons (Fsp3) is 0.571. The molecule has 0 amide bonds. The lowest BCUT2D eigenvalue weighted by molar-refractivity contribution is 0.192. The zero-order chi connectivity index (χ0) is 15.5. The van der Waals surface area contributed by atoms with Gasteiger partial charge in [-0.05, 0) is 53.0 Å². The second kappa shape index (κ2) is 7.19. The minimum atomic E-state index is -3.55. The van der Waals surface area contributed by atoms with Crippen molar-refractivity contribution < 1.29 is 13.2 Å². The van der Waals surface area contributed by atoms with E-state index in [0.717, 1.165) is 17.7 Å². The van der Waals surface area contributed by atoms with E-state index in [0.29, 0.717) is 35.5 Å². The number of hydrogen-bond acceptors (Lipinski definition) is 4. The molecule has 0 bridgehead atoms. The number of sulfonamides is 1. The molecular weight excluding hydrogens is 356 g/mol. The van der Waals surface area contributed by atoms with Gasteiger partial charge in [0, 0.05) is 23.7 Å². The summed E-state index contributed by atoms with van der Waals surface area (Å²) in [5.74, 6) is 0. The molecule has 1 aliphatic heterocycles. The van der Waals surface area contributed by atoms with Gasteiger partial charge in [0.2, 0.25) is 10.0 Å². The number of halogens is 1. The SMILES string of the molecule is CCNCc1cc(C)c(Br)c(S(=O)(=O)NC2CCOC2)c1. The first-order valence-corrected chi connectivity index (χ1v) is 9.31. The largest absolute Gasteiger partial charge is 0.380 e. The second-order valence-corrected chi connectivity index (χ2v) is 7.66. The minimum absolute atomic E-state index is 0.139. The molecule has 0 aliphatic carbocycles. The highest BCUT2D eigenvalue weighted by Crippen LogP contribution is 2.28. The lowest BCUT2D eigenvalue weighted by Crippen LogP contribution is -2.35. The molecule has 0 saturated carbocycles. The zero-order valence-electron chi connectivity index (χ0n) is 12.3. The molecule has 0 aromatic heterocycles. The van der Waals surface area contributed by atoms with Crippen LogP contribution < -0.4 is 10.0 Å². The van der Waals surface area contributed by atoms with Crippen LogP contribution in [0.3, 0.4) is 0 Å². The van der Waals surface area contributed by atoms with Gasteiger partial charge in [-0.3, -0.25) is 0 Å². The van der Waals surface area contributed by atoms with E-state index in [2.05, 4.69) is 26.0 Å². The highest BCUT2D eigenvalue weighted by atomic mass is 79.9. The molecule has 1 aliphatic rings. The van der Waals surface area contributed by atoms with E-state index in [4.69, 9.17) is 4.74 Å². The maximum absolute atomic E-state index is 12.6. The van der Waals surface area contributed by atoms with Gasteiger partial charge in [-0.1, -0.05) is 13.0 Å². The van der Waals surface area contributed by atoms with Gasteiger partial charge in [-0.15, -0.1) is 0 Å². The monoisotopic (exact) mass is 376 g/mol. The van der Waals surface area contributed by atoms with E-state index in [1.165, 1.54) is 0 Å². The maximum atomic E-state index is 12.6. The molecule has 1 aromatic carbocycles. The summed E-state index contributed by atoms with van der Waals surface area (Å²) in [6.45, 7) is 6.46. The molecule has 118 valence electrons. The molecule has 5 nitrogen and oxygen atoms in total. The van der Waals surface area contributed by atoms with Crippen molar-refractivity contribution in [3.63, 3.8) is 0 Å². The second-order valence-electron chi connectivity index (χ2n) is 5.19. The van der Waals surface area contributed by atoms with Crippen molar-refractivity contribution in [1.29, 1.82) is 0 Å². The van der Waals surface area contributed by atoms with E-state index in [-0.39, 0.29) is 6.04 Å². The minimum Gasteiger partial charge on any atom is -0.380 e. The van der Waals surface area contributed by atoms with E-state index in [9.17, 15) is 8.42 Å². The van der Waals surface area contributed by atoms with Crippen LogP contribution in [0.15, 0.2) is 21.5 Å². The van der Waals surface area contributed by atoms with Crippen molar-refractivity contribution in [2.24, 2.45) is 0 Å². The molecule has 1 saturated heterocycles. The van der Waals surface area contributed by atoms with Crippen molar-refractivity contribution in [1.82, 2.24) is 10.0 Å². The Balaban J connectivity index is 2.29.